The van der Waals surface area contributed by atoms with Crippen LogP contribution in [0.1, 0.15) is 17.4 Å². The number of nitrogens with one attached hydrogen (secondary N) is 1. The topological polar surface area (TPSA) is 32.9 Å². The van der Waals surface area contributed by atoms with Gasteiger partial charge in [0.1, 0.15) is 0 Å². The first-order chi connectivity index (χ1) is 4.75. The lowest BCUT2D eigenvalue weighted by Crippen LogP contribution is -1.92. The van der Waals surface area contributed by atoms with E-state index in [1.165, 1.54) is 0 Å². The summed E-state index contributed by atoms with van der Waals surface area (Å²) in [4.78, 5) is 14.7. The predicted octanol–water partition coefficient (Wildman–Crippen LogP) is 1.94. The maximum absolute atomic E-state index is 10.8. The van der Waals surface area contributed by atoms with Gasteiger partial charge in [-0.05, 0) is 12.3 Å². The van der Waals surface area contributed by atoms with Gasteiger partial charge in [0.2, 0.25) is 0 Å². The van der Waals surface area contributed by atoms with Crippen molar-refractivity contribution in [1.29, 1.82) is 0 Å². The molecule has 1 aromatic heterocycles. The molecule has 0 atom stereocenters. The number of aromatic amines is 1. The van der Waals surface area contributed by atoms with Crippen LogP contribution in [0, 0.1) is 0 Å². The lowest BCUT2D eigenvalue weighted by molar-refractivity contribution is 0.101. The summed E-state index contributed by atoms with van der Waals surface area (Å²) in [5.74, 6) is 0.0920. The molecule has 1 heterocycles. The van der Waals surface area contributed by atoms with Crippen molar-refractivity contribution in [3.63, 3.8) is 0 Å². The fraction of sp³-hybridized carbons (Fsp3) is 0.286. The van der Waals surface area contributed by atoms with Crippen LogP contribution in [0.4, 0.5) is 0 Å². The third kappa shape index (κ3) is 1.24. The van der Waals surface area contributed by atoms with Crippen molar-refractivity contribution in [3.8, 4) is 0 Å². The Labute approximate surface area is 64.0 Å². The van der Waals surface area contributed by atoms with E-state index in [1.54, 1.807) is 24.9 Å². The van der Waals surface area contributed by atoms with Crippen LogP contribution in [0.15, 0.2) is 17.2 Å². The van der Waals surface area contributed by atoms with Crippen molar-refractivity contribution in [1.82, 2.24) is 4.98 Å². The summed E-state index contributed by atoms with van der Waals surface area (Å²) in [7, 11) is 0. The second-order valence-electron chi connectivity index (χ2n) is 1.98. The van der Waals surface area contributed by atoms with E-state index in [9.17, 15) is 4.79 Å². The van der Waals surface area contributed by atoms with Crippen LogP contribution < -0.4 is 0 Å². The SMILES string of the molecule is CSc1cc[nH]c1C(C)=O. The van der Waals surface area contributed by atoms with Crippen LogP contribution >= 0.6 is 11.8 Å². The van der Waals surface area contributed by atoms with E-state index < -0.39 is 0 Å². The van der Waals surface area contributed by atoms with Gasteiger partial charge in [0, 0.05) is 18.0 Å². The maximum Gasteiger partial charge on any atom is 0.177 e. The van der Waals surface area contributed by atoms with Crippen LogP contribution in [-0.2, 0) is 0 Å². The molecule has 0 saturated carbocycles. The number of thioether (sulfide) groups is 1. The molecule has 0 aliphatic heterocycles. The molecule has 54 valence electrons. The maximum atomic E-state index is 10.8. The average molecular weight is 155 g/mol. The van der Waals surface area contributed by atoms with Gasteiger partial charge in [0.15, 0.2) is 5.78 Å². The van der Waals surface area contributed by atoms with Crippen LogP contribution in [0.2, 0.25) is 0 Å². The molecule has 0 unspecified atom stereocenters. The number of ketones is 1. The highest BCUT2D eigenvalue weighted by atomic mass is 32.2. The van der Waals surface area contributed by atoms with Gasteiger partial charge in [-0.25, -0.2) is 0 Å². The summed E-state index contributed by atoms with van der Waals surface area (Å²) in [5.41, 5.74) is 0.715. The van der Waals surface area contributed by atoms with Gasteiger partial charge in [0.05, 0.1) is 5.69 Å². The number of carbonyl (C=O) groups is 1. The van der Waals surface area contributed by atoms with Gasteiger partial charge in [0.25, 0.3) is 0 Å². The van der Waals surface area contributed by atoms with Crippen molar-refractivity contribution < 1.29 is 4.79 Å². The molecule has 0 radical (unpaired) electrons. The summed E-state index contributed by atoms with van der Waals surface area (Å²) in [6, 6.07) is 1.90. The molecule has 10 heavy (non-hydrogen) atoms. The molecule has 3 heteroatoms. The zero-order valence-electron chi connectivity index (χ0n) is 5.97. The summed E-state index contributed by atoms with van der Waals surface area (Å²) < 4.78 is 0. The Hall–Kier alpha value is -0.700. The van der Waals surface area contributed by atoms with E-state index in [0.29, 0.717) is 5.69 Å². The lowest BCUT2D eigenvalue weighted by Gasteiger charge is -1.92. The molecule has 0 bridgehead atoms. The van der Waals surface area contributed by atoms with Crippen LogP contribution in [-0.4, -0.2) is 17.0 Å². The largest absolute Gasteiger partial charge is 0.358 e. The highest BCUT2D eigenvalue weighted by molar-refractivity contribution is 7.98. The standard InChI is InChI=1S/C7H9NOS/c1-5(9)7-6(10-2)3-4-8-7/h3-4,8H,1-2H3. The Morgan fingerprint density at radius 3 is 2.80 bits per heavy atom. The highest BCUT2D eigenvalue weighted by Gasteiger charge is 2.05. The average Bonchev–Trinajstić information content (AvgIpc) is 2.33. The molecule has 1 aromatic rings. The van der Waals surface area contributed by atoms with Gasteiger partial charge >= 0.3 is 0 Å². The minimum Gasteiger partial charge on any atom is -0.358 e. The third-order valence-electron chi connectivity index (χ3n) is 1.28. The fourth-order valence-corrected chi connectivity index (χ4v) is 1.41. The van der Waals surface area contributed by atoms with Gasteiger partial charge in [-0.3, -0.25) is 4.79 Å². The number of Topliss-reactive ketones (excluding diaryl/α,β-unsaturated/α-hetero) is 1. The summed E-state index contributed by atoms with van der Waals surface area (Å²) >= 11 is 1.58. The lowest BCUT2D eigenvalue weighted by atomic mass is 10.3. The molecular formula is C7H9NOS. The van der Waals surface area contributed by atoms with E-state index in [-0.39, 0.29) is 5.78 Å². The minimum atomic E-state index is 0.0920. The normalized spacial score (nSPS) is 9.80. The zero-order chi connectivity index (χ0) is 7.56. The quantitative estimate of drug-likeness (QED) is 0.523. The fourth-order valence-electron chi connectivity index (χ4n) is 0.800. The summed E-state index contributed by atoms with van der Waals surface area (Å²) in [6.45, 7) is 1.56. The number of carbonyl (C=O) groups excluding carboxylic acids is 1. The molecule has 0 spiro atoms. The molecule has 1 rings (SSSR count). The van der Waals surface area contributed by atoms with Crippen molar-refractivity contribution in [2.45, 2.75) is 11.8 Å². The van der Waals surface area contributed by atoms with Crippen LogP contribution in [0.3, 0.4) is 0 Å². The van der Waals surface area contributed by atoms with Crippen molar-refractivity contribution >= 4 is 17.5 Å². The second-order valence-corrected chi connectivity index (χ2v) is 2.83. The van der Waals surface area contributed by atoms with Crippen LogP contribution in [0.5, 0.6) is 0 Å². The van der Waals surface area contributed by atoms with Gasteiger partial charge in [-0.2, -0.15) is 0 Å². The summed E-state index contributed by atoms with van der Waals surface area (Å²) in [6.07, 6.45) is 3.73. The van der Waals surface area contributed by atoms with Gasteiger partial charge < -0.3 is 4.98 Å². The Morgan fingerprint density at radius 1 is 1.70 bits per heavy atom. The molecule has 0 aliphatic carbocycles. The van der Waals surface area contributed by atoms with E-state index in [0.717, 1.165) is 4.90 Å². The molecule has 1 N–H and O–H groups in total. The molecule has 0 aromatic carbocycles. The Balaban J connectivity index is 3.01. The van der Waals surface area contributed by atoms with E-state index >= 15 is 0 Å². The monoisotopic (exact) mass is 155 g/mol. The molecule has 2 nitrogen and oxygen atoms in total. The molecule has 0 aliphatic rings. The van der Waals surface area contributed by atoms with Gasteiger partial charge in [-0.15, -0.1) is 11.8 Å². The third-order valence-corrected chi connectivity index (χ3v) is 2.06. The van der Waals surface area contributed by atoms with E-state index in [1.807, 2.05) is 12.3 Å². The molecule has 0 fully saturated rings. The Morgan fingerprint density at radius 2 is 2.40 bits per heavy atom. The summed E-state index contributed by atoms with van der Waals surface area (Å²) in [5, 5.41) is 0. The van der Waals surface area contributed by atoms with Crippen molar-refractivity contribution in [2.75, 3.05) is 6.26 Å². The van der Waals surface area contributed by atoms with Crippen molar-refractivity contribution in [2.24, 2.45) is 0 Å². The Bertz CT molecular complexity index is 242. The smallest absolute Gasteiger partial charge is 0.177 e. The first-order valence-electron chi connectivity index (χ1n) is 2.98. The highest BCUT2D eigenvalue weighted by Crippen LogP contribution is 2.18. The first kappa shape index (κ1) is 7.41. The first-order valence-corrected chi connectivity index (χ1v) is 4.20. The number of hydrogen-bond acceptors (Lipinski definition) is 2. The number of aromatic nitrogens is 1. The van der Waals surface area contributed by atoms with E-state index in [4.69, 9.17) is 0 Å². The molecule has 0 amide bonds. The van der Waals surface area contributed by atoms with E-state index in [2.05, 4.69) is 4.98 Å². The number of H-pyrrole nitrogens is 1. The predicted molar refractivity (Wildman–Crippen MR) is 42.6 cm³/mol. The Kier molecular flexibility index (Phi) is 2.17. The zero-order valence-corrected chi connectivity index (χ0v) is 6.79. The number of hydrogen-bond donors (Lipinski definition) is 1. The molecule has 0 saturated heterocycles. The minimum absolute atomic E-state index is 0.0920. The van der Waals surface area contributed by atoms with Crippen molar-refractivity contribution in [3.05, 3.63) is 18.0 Å². The van der Waals surface area contributed by atoms with Crippen LogP contribution in [0.25, 0.3) is 0 Å². The molecular weight excluding hydrogens is 146 g/mol. The second kappa shape index (κ2) is 2.92. The number of rotatable bonds is 2. The van der Waals surface area contributed by atoms with Gasteiger partial charge in [-0.1, -0.05) is 0 Å².